The molecule has 0 bridgehead atoms. The Morgan fingerprint density at radius 1 is 1.02 bits per heavy atom. The fourth-order valence-corrected chi connectivity index (χ4v) is 12.0. The van der Waals surface area contributed by atoms with Crippen LogP contribution in [0, 0.1) is 45.3 Å². The van der Waals surface area contributed by atoms with Crippen molar-refractivity contribution in [1.82, 2.24) is 0 Å². The molecule has 242 valence electrons. The maximum absolute atomic E-state index is 12.1. The van der Waals surface area contributed by atoms with E-state index in [0.717, 1.165) is 38.5 Å². The number of fused-ring (bicyclic) bond motifs is 4. The van der Waals surface area contributed by atoms with Gasteiger partial charge in [0.05, 0.1) is 30.0 Å². The zero-order valence-electron chi connectivity index (χ0n) is 26.8. The number of aliphatic hydroxyl groups is 2. The molecule has 0 aromatic heterocycles. The van der Waals surface area contributed by atoms with Crippen LogP contribution in [-0.4, -0.2) is 77.8 Å². The van der Waals surface area contributed by atoms with Gasteiger partial charge in [0.25, 0.3) is 0 Å². The summed E-state index contributed by atoms with van der Waals surface area (Å²) in [6.45, 7) is 11.4. The SMILES string of the molecule is CC(=O)O[C@@H](C1CC[C@H]2C(O1)[C@H](O)C1C3CCC4C(C)(C)[C@@H](OC(C=O)OCC=O)CCC45C[C@@]35CCC12C)C(C)(C)O. The van der Waals surface area contributed by atoms with Gasteiger partial charge < -0.3 is 34.0 Å². The van der Waals surface area contributed by atoms with Gasteiger partial charge in [-0.15, -0.1) is 0 Å². The Balaban J connectivity index is 1.22. The number of aldehydes is 2. The lowest BCUT2D eigenvalue weighted by Gasteiger charge is -2.60. The van der Waals surface area contributed by atoms with Crippen LogP contribution in [0.4, 0.5) is 0 Å². The van der Waals surface area contributed by atoms with Gasteiger partial charge in [-0.25, -0.2) is 0 Å². The number of aliphatic hydroxyl groups excluding tert-OH is 1. The van der Waals surface area contributed by atoms with Gasteiger partial charge in [0, 0.05) is 6.92 Å². The fourth-order valence-electron chi connectivity index (χ4n) is 12.0. The van der Waals surface area contributed by atoms with Crippen molar-refractivity contribution in [1.29, 1.82) is 0 Å². The molecule has 0 aromatic rings. The van der Waals surface area contributed by atoms with Gasteiger partial charge in [-0.2, -0.15) is 0 Å². The zero-order valence-corrected chi connectivity index (χ0v) is 26.8. The standard InChI is InChI=1S/C34H52O9/c1-19(37)41-29(31(4,5)39)22-9-7-21-28(42-22)27(38)26-20-8-10-23-30(2,3)24(43-25(17-36)40-16-15-35)11-12-34(23)18-33(20,34)14-13-32(21,26)6/h15,17,20-29,38-39H,7-14,16,18H2,1-6H3/t20?,21-,22?,23?,24-,25?,26?,27+,28?,29-,32?,33-,34?/m0/s1. The number of esters is 1. The highest BCUT2D eigenvalue weighted by Crippen LogP contribution is 2.87. The highest BCUT2D eigenvalue weighted by Gasteiger charge is 2.81. The minimum atomic E-state index is -1.26. The first-order chi connectivity index (χ1) is 20.2. The predicted octanol–water partition coefficient (Wildman–Crippen LogP) is 3.99. The quantitative estimate of drug-likeness (QED) is 0.228. The van der Waals surface area contributed by atoms with Crippen LogP contribution in [0.25, 0.3) is 0 Å². The van der Waals surface area contributed by atoms with Gasteiger partial charge in [0.2, 0.25) is 6.29 Å². The van der Waals surface area contributed by atoms with Gasteiger partial charge in [0.1, 0.15) is 12.9 Å². The Hall–Kier alpha value is -1.39. The topological polar surface area (TPSA) is 129 Å². The summed E-state index contributed by atoms with van der Waals surface area (Å²) in [6, 6.07) is 0. The van der Waals surface area contributed by atoms with Crippen molar-refractivity contribution in [2.75, 3.05) is 6.61 Å². The summed E-state index contributed by atoms with van der Waals surface area (Å²) < 4.78 is 23.8. The summed E-state index contributed by atoms with van der Waals surface area (Å²) in [6.07, 6.45) is 6.97. The van der Waals surface area contributed by atoms with Crippen LogP contribution in [0.5, 0.6) is 0 Å². The number of hydrogen-bond donors (Lipinski definition) is 2. The van der Waals surface area contributed by atoms with Crippen molar-refractivity contribution in [3.8, 4) is 0 Å². The molecule has 5 saturated carbocycles. The Kier molecular flexibility index (Phi) is 7.77. The molecule has 2 spiro atoms. The summed E-state index contributed by atoms with van der Waals surface area (Å²) in [5.41, 5.74) is -0.994. The summed E-state index contributed by atoms with van der Waals surface area (Å²) in [5.74, 6) is 0.825. The van der Waals surface area contributed by atoms with E-state index in [1.807, 2.05) is 0 Å². The molecule has 2 N–H and O–H groups in total. The first-order valence-corrected chi connectivity index (χ1v) is 16.6. The number of ether oxygens (including phenoxy) is 4. The van der Waals surface area contributed by atoms with E-state index in [1.54, 1.807) is 13.8 Å². The second kappa shape index (κ2) is 10.6. The molecule has 13 atom stereocenters. The third-order valence-corrected chi connectivity index (χ3v) is 13.6. The van der Waals surface area contributed by atoms with Crippen molar-refractivity contribution in [2.45, 2.75) is 142 Å². The van der Waals surface area contributed by atoms with Gasteiger partial charge in [-0.3, -0.25) is 9.59 Å². The van der Waals surface area contributed by atoms with Gasteiger partial charge >= 0.3 is 5.97 Å². The first-order valence-electron chi connectivity index (χ1n) is 16.6. The average Bonchev–Trinajstić information content (AvgIpc) is 3.55. The Labute approximate surface area is 255 Å². The van der Waals surface area contributed by atoms with E-state index in [1.165, 1.54) is 19.8 Å². The van der Waals surface area contributed by atoms with Crippen molar-refractivity contribution in [3.63, 3.8) is 0 Å². The molecule has 5 aliphatic carbocycles. The Bertz CT molecular complexity index is 1120. The number of rotatable bonds is 9. The molecule has 6 aliphatic rings. The molecule has 1 saturated heterocycles. The average molecular weight is 605 g/mol. The molecular formula is C34H52O9. The molecule has 8 unspecified atom stereocenters. The van der Waals surface area contributed by atoms with E-state index in [-0.39, 0.29) is 52.3 Å². The molecule has 9 heteroatoms. The Morgan fingerprint density at radius 2 is 1.74 bits per heavy atom. The molecule has 43 heavy (non-hydrogen) atoms. The summed E-state index contributed by atoms with van der Waals surface area (Å²) in [4.78, 5) is 34.3. The number of carbonyl (C=O) groups is 3. The molecule has 0 radical (unpaired) electrons. The zero-order chi connectivity index (χ0) is 31.2. The van der Waals surface area contributed by atoms with E-state index < -0.39 is 36.2 Å². The maximum Gasteiger partial charge on any atom is 0.303 e. The second-order valence-electron chi connectivity index (χ2n) is 16.2. The van der Waals surface area contributed by atoms with Crippen molar-refractivity contribution in [3.05, 3.63) is 0 Å². The number of carbonyl (C=O) groups excluding carboxylic acids is 3. The molecule has 6 fully saturated rings. The molecule has 0 aromatic carbocycles. The Morgan fingerprint density at radius 3 is 2.40 bits per heavy atom. The smallest absolute Gasteiger partial charge is 0.303 e. The molecular weight excluding hydrogens is 552 g/mol. The fraction of sp³-hybridized carbons (Fsp3) is 0.912. The summed E-state index contributed by atoms with van der Waals surface area (Å²) in [7, 11) is 0. The van der Waals surface area contributed by atoms with Crippen LogP contribution in [-0.2, 0) is 33.3 Å². The van der Waals surface area contributed by atoms with Crippen molar-refractivity contribution >= 4 is 18.5 Å². The van der Waals surface area contributed by atoms with E-state index in [9.17, 15) is 24.6 Å². The maximum atomic E-state index is 12.1. The van der Waals surface area contributed by atoms with Gasteiger partial charge in [0.15, 0.2) is 12.4 Å². The molecule has 9 nitrogen and oxygen atoms in total. The van der Waals surface area contributed by atoms with Crippen LogP contribution in [0.15, 0.2) is 0 Å². The minimum Gasteiger partial charge on any atom is -0.457 e. The normalized spacial score (nSPS) is 47.4. The third kappa shape index (κ3) is 4.61. The van der Waals surface area contributed by atoms with Crippen LogP contribution < -0.4 is 0 Å². The predicted molar refractivity (Wildman–Crippen MR) is 156 cm³/mol. The lowest BCUT2D eigenvalue weighted by Crippen LogP contribution is -2.56. The lowest BCUT2D eigenvalue weighted by molar-refractivity contribution is -0.217. The van der Waals surface area contributed by atoms with E-state index in [2.05, 4.69) is 20.8 Å². The minimum absolute atomic E-state index is 0.0177. The van der Waals surface area contributed by atoms with E-state index >= 15 is 0 Å². The highest BCUT2D eigenvalue weighted by atomic mass is 16.7. The number of hydrogen-bond acceptors (Lipinski definition) is 9. The van der Waals surface area contributed by atoms with Gasteiger partial charge in [-0.1, -0.05) is 20.8 Å². The monoisotopic (exact) mass is 604 g/mol. The summed E-state index contributed by atoms with van der Waals surface area (Å²) >= 11 is 0. The van der Waals surface area contributed by atoms with Crippen LogP contribution in [0.1, 0.15) is 99.3 Å². The molecule has 1 heterocycles. The molecule has 1 aliphatic heterocycles. The second-order valence-corrected chi connectivity index (χ2v) is 16.2. The highest BCUT2D eigenvalue weighted by molar-refractivity contribution is 5.66. The van der Waals surface area contributed by atoms with Crippen LogP contribution >= 0.6 is 0 Å². The summed E-state index contributed by atoms with van der Waals surface area (Å²) in [5, 5.41) is 22.9. The largest absolute Gasteiger partial charge is 0.457 e. The van der Waals surface area contributed by atoms with Crippen molar-refractivity contribution in [2.24, 2.45) is 45.3 Å². The van der Waals surface area contributed by atoms with E-state index in [4.69, 9.17) is 18.9 Å². The van der Waals surface area contributed by atoms with Crippen LogP contribution in [0.2, 0.25) is 0 Å². The van der Waals surface area contributed by atoms with Crippen LogP contribution in [0.3, 0.4) is 0 Å². The third-order valence-electron chi connectivity index (χ3n) is 13.6. The van der Waals surface area contributed by atoms with Gasteiger partial charge in [-0.05, 0) is 117 Å². The van der Waals surface area contributed by atoms with E-state index in [0.29, 0.717) is 30.8 Å². The molecule has 6 rings (SSSR count). The lowest BCUT2D eigenvalue weighted by atomic mass is 9.46. The van der Waals surface area contributed by atoms with Crippen molar-refractivity contribution < 1.29 is 43.5 Å². The molecule has 0 amide bonds. The first kappa shape index (κ1) is 31.6.